The van der Waals surface area contributed by atoms with Crippen LogP contribution in [0.15, 0.2) is 29.1 Å². The van der Waals surface area contributed by atoms with E-state index in [4.69, 9.17) is 5.73 Å². The second-order valence-electron chi connectivity index (χ2n) is 4.19. The molecule has 7 heteroatoms. The molecular formula is C12H12F3N3O. The number of aromatic nitrogens is 2. The van der Waals surface area contributed by atoms with Crippen molar-refractivity contribution >= 4 is 5.69 Å². The molecule has 19 heavy (non-hydrogen) atoms. The fourth-order valence-electron chi connectivity index (χ4n) is 1.83. The molecule has 102 valence electrons. The second-order valence-corrected chi connectivity index (χ2v) is 4.19. The number of hydrogen-bond donors (Lipinski definition) is 1. The molecule has 0 bridgehead atoms. The highest BCUT2D eigenvalue weighted by atomic mass is 19.4. The summed E-state index contributed by atoms with van der Waals surface area (Å²) >= 11 is 0. The number of nitrogen functional groups attached to an aromatic ring is 1. The normalized spacial score (nSPS) is 11.8. The first kappa shape index (κ1) is 13.3. The first-order chi connectivity index (χ1) is 8.73. The van der Waals surface area contributed by atoms with Crippen LogP contribution in [0, 0.1) is 6.92 Å². The first-order valence-electron chi connectivity index (χ1n) is 5.45. The number of rotatable bonds is 1. The van der Waals surface area contributed by atoms with Gasteiger partial charge < -0.3 is 5.73 Å². The fraction of sp³-hybridized carbons (Fsp3) is 0.250. The van der Waals surface area contributed by atoms with Gasteiger partial charge in [0.25, 0.3) is 5.56 Å². The van der Waals surface area contributed by atoms with Gasteiger partial charge in [-0.1, -0.05) is 6.07 Å². The Balaban J connectivity index is 2.68. The lowest BCUT2D eigenvalue weighted by Crippen LogP contribution is -2.21. The van der Waals surface area contributed by atoms with Crippen molar-refractivity contribution in [1.82, 2.24) is 9.36 Å². The quantitative estimate of drug-likeness (QED) is 0.863. The van der Waals surface area contributed by atoms with Gasteiger partial charge in [-0.15, -0.1) is 0 Å². The van der Waals surface area contributed by atoms with Crippen molar-refractivity contribution in [2.75, 3.05) is 5.73 Å². The van der Waals surface area contributed by atoms with Crippen LogP contribution in [0.25, 0.3) is 5.69 Å². The van der Waals surface area contributed by atoms with Crippen LogP contribution in [0.4, 0.5) is 18.9 Å². The highest BCUT2D eigenvalue weighted by Gasteiger charge is 2.30. The number of hydrogen-bond acceptors (Lipinski definition) is 2. The van der Waals surface area contributed by atoms with E-state index >= 15 is 0 Å². The summed E-state index contributed by atoms with van der Waals surface area (Å²) in [5.74, 6) is 0. The minimum absolute atomic E-state index is 0.0277. The van der Waals surface area contributed by atoms with Crippen LogP contribution in [-0.4, -0.2) is 9.36 Å². The monoisotopic (exact) mass is 271 g/mol. The van der Waals surface area contributed by atoms with Crippen molar-refractivity contribution in [2.24, 2.45) is 7.05 Å². The average molecular weight is 271 g/mol. The highest BCUT2D eigenvalue weighted by Crippen LogP contribution is 2.30. The maximum absolute atomic E-state index is 12.7. The van der Waals surface area contributed by atoms with Crippen molar-refractivity contribution in [3.63, 3.8) is 0 Å². The molecular weight excluding hydrogens is 259 g/mol. The van der Waals surface area contributed by atoms with E-state index in [1.165, 1.54) is 16.8 Å². The molecule has 0 spiro atoms. The number of anilines is 1. The third-order valence-electron chi connectivity index (χ3n) is 3.02. The smallest absolute Gasteiger partial charge is 0.393 e. The largest absolute Gasteiger partial charge is 0.416 e. The SMILES string of the molecule is Cc1c(N)c(=O)n(-c2cccc(C(F)(F)F)c2)n1C. The molecule has 2 rings (SSSR count). The van der Waals surface area contributed by atoms with Crippen LogP contribution in [0.5, 0.6) is 0 Å². The molecule has 0 atom stereocenters. The number of nitrogens with two attached hydrogens (primary N) is 1. The van der Waals surface area contributed by atoms with Gasteiger partial charge >= 0.3 is 6.18 Å². The molecule has 0 amide bonds. The number of alkyl halides is 3. The predicted octanol–water partition coefficient (Wildman–Crippen LogP) is 2.09. The number of nitrogens with zero attached hydrogens (tertiary/aromatic N) is 2. The third kappa shape index (κ3) is 2.11. The van der Waals surface area contributed by atoms with Gasteiger partial charge in [0.15, 0.2) is 0 Å². The minimum atomic E-state index is -4.45. The van der Waals surface area contributed by atoms with Crippen molar-refractivity contribution < 1.29 is 13.2 Å². The van der Waals surface area contributed by atoms with E-state index in [-0.39, 0.29) is 11.4 Å². The molecule has 0 aliphatic rings. The lowest BCUT2D eigenvalue weighted by molar-refractivity contribution is -0.137. The molecule has 0 aliphatic heterocycles. The maximum Gasteiger partial charge on any atom is 0.416 e. The van der Waals surface area contributed by atoms with E-state index in [9.17, 15) is 18.0 Å². The Bertz CT molecular complexity index is 683. The molecule has 2 N–H and O–H groups in total. The van der Waals surface area contributed by atoms with Gasteiger partial charge in [-0.3, -0.25) is 9.48 Å². The van der Waals surface area contributed by atoms with E-state index in [0.29, 0.717) is 5.69 Å². The highest BCUT2D eigenvalue weighted by molar-refractivity contribution is 5.45. The Labute approximate surface area is 106 Å². The van der Waals surface area contributed by atoms with Crippen LogP contribution in [-0.2, 0) is 13.2 Å². The standard InChI is InChI=1S/C12H12F3N3O/c1-7-10(16)11(19)18(17(7)2)9-5-3-4-8(6-9)12(13,14)15/h3-6H,16H2,1-2H3. The summed E-state index contributed by atoms with van der Waals surface area (Å²) in [6, 6.07) is 4.55. The van der Waals surface area contributed by atoms with E-state index in [0.717, 1.165) is 16.8 Å². The summed E-state index contributed by atoms with van der Waals surface area (Å²) in [4.78, 5) is 11.9. The van der Waals surface area contributed by atoms with E-state index in [1.807, 2.05) is 0 Å². The van der Waals surface area contributed by atoms with E-state index < -0.39 is 17.3 Å². The lowest BCUT2D eigenvalue weighted by atomic mass is 10.2. The molecule has 1 aromatic carbocycles. The second kappa shape index (κ2) is 4.18. The molecule has 2 aromatic rings. The predicted molar refractivity (Wildman–Crippen MR) is 65.2 cm³/mol. The van der Waals surface area contributed by atoms with Crippen LogP contribution in [0.1, 0.15) is 11.3 Å². The van der Waals surface area contributed by atoms with E-state index in [2.05, 4.69) is 0 Å². The maximum atomic E-state index is 12.7. The molecule has 0 saturated heterocycles. The van der Waals surface area contributed by atoms with Crippen LogP contribution >= 0.6 is 0 Å². The van der Waals surface area contributed by atoms with Crippen LogP contribution < -0.4 is 11.3 Å². The van der Waals surface area contributed by atoms with Gasteiger partial charge in [0, 0.05) is 7.05 Å². The molecule has 1 aromatic heterocycles. The topological polar surface area (TPSA) is 53.0 Å². The summed E-state index contributed by atoms with van der Waals surface area (Å²) < 4.78 is 40.5. The summed E-state index contributed by atoms with van der Waals surface area (Å²) in [5, 5.41) is 0. The molecule has 0 saturated carbocycles. The van der Waals surface area contributed by atoms with Crippen LogP contribution in [0.3, 0.4) is 0 Å². The molecule has 4 nitrogen and oxygen atoms in total. The van der Waals surface area contributed by atoms with Crippen molar-refractivity contribution in [3.8, 4) is 5.69 Å². The Morgan fingerprint density at radius 2 is 1.89 bits per heavy atom. The van der Waals surface area contributed by atoms with Crippen molar-refractivity contribution in [1.29, 1.82) is 0 Å². The zero-order valence-electron chi connectivity index (χ0n) is 10.3. The molecule has 1 heterocycles. The molecule has 0 radical (unpaired) electrons. The fourth-order valence-corrected chi connectivity index (χ4v) is 1.83. The zero-order valence-corrected chi connectivity index (χ0v) is 10.3. The Kier molecular flexibility index (Phi) is 2.92. The van der Waals surface area contributed by atoms with E-state index in [1.54, 1.807) is 14.0 Å². The summed E-state index contributed by atoms with van der Waals surface area (Å²) in [5.41, 5.74) is 4.91. The Morgan fingerprint density at radius 3 is 2.37 bits per heavy atom. The summed E-state index contributed by atoms with van der Waals surface area (Å²) in [6.45, 7) is 1.63. The average Bonchev–Trinajstić information content (AvgIpc) is 2.53. The van der Waals surface area contributed by atoms with Gasteiger partial charge in [-0.25, -0.2) is 4.68 Å². The Morgan fingerprint density at radius 1 is 1.26 bits per heavy atom. The lowest BCUT2D eigenvalue weighted by Gasteiger charge is -2.11. The van der Waals surface area contributed by atoms with Gasteiger partial charge in [0.05, 0.1) is 16.9 Å². The summed E-state index contributed by atoms with van der Waals surface area (Å²) in [7, 11) is 1.56. The van der Waals surface area contributed by atoms with Crippen LogP contribution in [0.2, 0.25) is 0 Å². The third-order valence-corrected chi connectivity index (χ3v) is 3.02. The number of halogens is 3. The van der Waals surface area contributed by atoms with Gasteiger partial charge in [-0.2, -0.15) is 13.2 Å². The minimum Gasteiger partial charge on any atom is -0.393 e. The molecule has 0 fully saturated rings. The number of benzene rings is 1. The van der Waals surface area contributed by atoms with Gasteiger partial charge in [0.1, 0.15) is 5.69 Å². The first-order valence-corrected chi connectivity index (χ1v) is 5.45. The Hall–Kier alpha value is -2.18. The van der Waals surface area contributed by atoms with Gasteiger partial charge in [-0.05, 0) is 25.1 Å². The van der Waals surface area contributed by atoms with Crippen molar-refractivity contribution in [2.45, 2.75) is 13.1 Å². The molecule has 0 unspecified atom stereocenters. The summed E-state index contributed by atoms with van der Waals surface area (Å²) in [6.07, 6.45) is -4.45. The van der Waals surface area contributed by atoms with Crippen molar-refractivity contribution in [3.05, 3.63) is 45.9 Å². The molecule has 0 aliphatic carbocycles. The zero-order chi connectivity index (χ0) is 14.4. The van der Waals surface area contributed by atoms with Gasteiger partial charge in [0.2, 0.25) is 0 Å².